The zero-order valence-corrected chi connectivity index (χ0v) is 10.3. The molecule has 1 aromatic carbocycles. The molecule has 0 aliphatic carbocycles. The molecule has 7 nitrogen and oxygen atoms in total. The van der Waals surface area contributed by atoms with E-state index in [2.05, 4.69) is 20.3 Å². The molecular weight excluding hydrogens is 258 g/mol. The van der Waals surface area contributed by atoms with Crippen LogP contribution in [0.5, 0.6) is 0 Å². The maximum Gasteiger partial charge on any atom is 0.325 e. The smallest absolute Gasteiger partial charge is 0.313 e. The third-order valence-electron chi connectivity index (χ3n) is 3.40. The average Bonchev–Trinajstić information content (AvgIpc) is 2.98. The summed E-state index contributed by atoms with van der Waals surface area (Å²) in [5.41, 5.74) is 2.73. The Morgan fingerprint density at radius 3 is 2.85 bits per heavy atom. The Bertz CT molecular complexity index is 934. The van der Waals surface area contributed by atoms with Crippen LogP contribution in [0.3, 0.4) is 0 Å². The Balaban J connectivity index is 2.00. The number of nitrogens with one attached hydrogen (secondary N) is 2. The fourth-order valence-electron chi connectivity index (χ4n) is 2.51. The van der Waals surface area contributed by atoms with Gasteiger partial charge in [0.25, 0.3) is 5.56 Å². The van der Waals surface area contributed by atoms with Crippen LogP contribution in [0.1, 0.15) is 5.56 Å². The van der Waals surface area contributed by atoms with Gasteiger partial charge >= 0.3 is 5.69 Å². The summed E-state index contributed by atoms with van der Waals surface area (Å²) in [6.07, 6.45) is 1.37. The molecule has 3 heterocycles. The van der Waals surface area contributed by atoms with E-state index < -0.39 is 11.2 Å². The molecule has 0 amide bonds. The third-order valence-corrected chi connectivity index (χ3v) is 3.40. The minimum Gasteiger partial charge on any atom is -0.313 e. The topological polar surface area (TPSA) is 96.4 Å². The van der Waals surface area contributed by atoms with Crippen molar-refractivity contribution in [1.82, 2.24) is 25.0 Å². The van der Waals surface area contributed by atoms with Crippen LogP contribution in [0.4, 0.5) is 0 Å². The molecule has 20 heavy (non-hydrogen) atoms. The standard InChI is InChI=1S/C13H9N5O2/c19-12-9(5-14-13(20)15-12)10-11-8-4-2-1-3-7(8)6-18(11)17-16-10/h1-5H,6H2,(H2,14,15,19,20). The fourth-order valence-corrected chi connectivity index (χ4v) is 2.51. The van der Waals surface area contributed by atoms with E-state index >= 15 is 0 Å². The number of H-pyrrole nitrogens is 2. The van der Waals surface area contributed by atoms with Gasteiger partial charge in [-0.05, 0) is 5.56 Å². The van der Waals surface area contributed by atoms with E-state index in [-0.39, 0.29) is 0 Å². The SMILES string of the molecule is O=c1[nH]cc(-c2nnn3c2-c2ccccc2C3)c(=O)[nH]1. The Hall–Kier alpha value is -2.96. The highest BCUT2D eigenvalue weighted by atomic mass is 16.2. The lowest BCUT2D eigenvalue weighted by atomic mass is 10.0. The van der Waals surface area contributed by atoms with Crippen molar-refractivity contribution in [3.05, 3.63) is 56.9 Å². The van der Waals surface area contributed by atoms with Gasteiger partial charge < -0.3 is 4.98 Å². The molecule has 0 atom stereocenters. The molecule has 0 unspecified atom stereocenters. The van der Waals surface area contributed by atoms with Gasteiger partial charge in [-0.15, -0.1) is 5.10 Å². The summed E-state index contributed by atoms with van der Waals surface area (Å²) < 4.78 is 1.75. The number of fused-ring (bicyclic) bond motifs is 3. The monoisotopic (exact) mass is 267 g/mol. The first-order valence-electron chi connectivity index (χ1n) is 6.08. The van der Waals surface area contributed by atoms with Crippen LogP contribution < -0.4 is 11.2 Å². The summed E-state index contributed by atoms with van der Waals surface area (Å²) >= 11 is 0. The quantitative estimate of drug-likeness (QED) is 0.520. The van der Waals surface area contributed by atoms with Crippen LogP contribution in [0.2, 0.25) is 0 Å². The molecule has 0 bridgehead atoms. The largest absolute Gasteiger partial charge is 0.325 e. The van der Waals surface area contributed by atoms with Crippen molar-refractivity contribution in [2.24, 2.45) is 0 Å². The van der Waals surface area contributed by atoms with Gasteiger partial charge in [0.2, 0.25) is 0 Å². The van der Waals surface area contributed by atoms with Crippen LogP contribution in [-0.2, 0) is 6.54 Å². The first-order chi connectivity index (χ1) is 9.74. The number of aromatic amines is 2. The van der Waals surface area contributed by atoms with Gasteiger partial charge in [0.15, 0.2) is 0 Å². The van der Waals surface area contributed by atoms with Crippen LogP contribution >= 0.6 is 0 Å². The predicted molar refractivity (Wildman–Crippen MR) is 71.2 cm³/mol. The summed E-state index contributed by atoms with van der Waals surface area (Å²) in [4.78, 5) is 27.6. The second-order valence-electron chi connectivity index (χ2n) is 4.59. The lowest BCUT2D eigenvalue weighted by molar-refractivity contribution is 0.675. The zero-order chi connectivity index (χ0) is 13.7. The molecule has 98 valence electrons. The van der Waals surface area contributed by atoms with Gasteiger partial charge in [0.1, 0.15) is 5.69 Å². The first-order valence-corrected chi connectivity index (χ1v) is 6.08. The molecule has 2 N–H and O–H groups in total. The van der Waals surface area contributed by atoms with Gasteiger partial charge in [-0.2, -0.15) is 0 Å². The molecule has 0 saturated carbocycles. The van der Waals surface area contributed by atoms with E-state index in [0.29, 0.717) is 17.8 Å². The minimum absolute atomic E-state index is 0.308. The van der Waals surface area contributed by atoms with Gasteiger partial charge in [-0.25, -0.2) is 9.48 Å². The van der Waals surface area contributed by atoms with Crippen LogP contribution in [0.25, 0.3) is 22.5 Å². The van der Waals surface area contributed by atoms with Crippen molar-refractivity contribution in [2.45, 2.75) is 6.54 Å². The summed E-state index contributed by atoms with van der Waals surface area (Å²) in [6.45, 7) is 0.639. The Kier molecular flexibility index (Phi) is 2.06. The number of benzene rings is 1. The maximum atomic E-state index is 11.9. The number of hydrogen-bond donors (Lipinski definition) is 2. The average molecular weight is 267 g/mol. The van der Waals surface area contributed by atoms with Crippen molar-refractivity contribution in [3.63, 3.8) is 0 Å². The van der Waals surface area contributed by atoms with Crippen molar-refractivity contribution in [3.8, 4) is 22.5 Å². The Morgan fingerprint density at radius 1 is 1.15 bits per heavy atom. The number of rotatable bonds is 1. The molecule has 1 aliphatic heterocycles. The lowest BCUT2D eigenvalue weighted by Gasteiger charge is -2.00. The van der Waals surface area contributed by atoms with Crippen LogP contribution in [0.15, 0.2) is 40.1 Å². The summed E-state index contributed by atoms with van der Waals surface area (Å²) in [5.74, 6) is 0. The van der Waals surface area contributed by atoms with E-state index in [0.717, 1.165) is 16.8 Å². The molecule has 3 aromatic rings. The van der Waals surface area contributed by atoms with Crippen LogP contribution in [-0.4, -0.2) is 25.0 Å². The van der Waals surface area contributed by atoms with Crippen molar-refractivity contribution in [2.75, 3.05) is 0 Å². The van der Waals surface area contributed by atoms with E-state index in [9.17, 15) is 9.59 Å². The van der Waals surface area contributed by atoms with Gasteiger partial charge in [-0.3, -0.25) is 9.78 Å². The summed E-state index contributed by atoms with van der Waals surface area (Å²) in [7, 11) is 0. The van der Waals surface area contributed by atoms with Crippen molar-refractivity contribution in [1.29, 1.82) is 0 Å². The van der Waals surface area contributed by atoms with Gasteiger partial charge in [-0.1, -0.05) is 29.5 Å². The molecule has 1 aliphatic rings. The molecule has 2 aromatic heterocycles. The van der Waals surface area contributed by atoms with E-state index in [1.807, 2.05) is 24.3 Å². The molecule has 7 heteroatoms. The highest BCUT2D eigenvalue weighted by Gasteiger charge is 2.25. The second kappa shape index (κ2) is 3.77. The number of aromatic nitrogens is 5. The fraction of sp³-hybridized carbons (Fsp3) is 0.0769. The van der Waals surface area contributed by atoms with Crippen molar-refractivity contribution >= 4 is 0 Å². The molecule has 0 spiro atoms. The third kappa shape index (κ3) is 1.40. The van der Waals surface area contributed by atoms with Gasteiger partial charge in [0.05, 0.1) is 17.8 Å². The number of nitrogens with zero attached hydrogens (tertiary/aromatic N) is 3. The lowest BCUT2D eigenvalue weighted by Crippen LogP contribution is -2.22. The summed E-state index contributed by atoms with van der Waals surface area (Å²) in [5, 5.41) is 8.14. The summed E-state index contributed by atoms with van der Waals surface area (Å²) in [6, 6.07) is 7.89. The molecule has 0 fully saturated rings. The molecular formula is C13H9N5O2. The van der Waals surface area contributed by atoms with Gasteiger partial charge in [0, 0.05) is 11.8 Å². The van der Waals surface area contributed by atoms with Crippen LogP contribution in [0, 0.1) is 0 Å². The first kappa shape index (κ1) is 10.9. The van der Waals surface area contributed by atoms with E-state index in [1.165, 1.54) is 6.20 Å². The highest BCUT2D eigenvalue weighted by molar-refractivity contribution is 5.81. The highest BCUT2D eigenvalue weighted by Crippen LogP contribution is 2.35. The predicted octanol–water partition coefficient (Wildman–Crippen LogP) is 0.350. The molecule has 0 saturated heterocycles. The second-order valence-corrected chi connectivity index (χ2v) is 4.59. The Morgan fingerprint density at radius 2 is 2.00 bits per heavy atom. The van der Waals surface area contributed by atoms with E-state index in [1.54, 1.807) is 4.68 Å². The van der Waals surface area contributed by atoms with Crippen molar-refractivity contribution < 1.29 is 0 Å². The molecule has 4 rings (SSSR count). The van der Waals surface area contributed by atoms with E-state index in [4.69, 9.17) is 0 Å². The maximum absolute atomic E-state index is 11.9. The molecule has 0 radical (unpaired) electrons. The zero-order valence-electron chi connectivity index (χ0n) is 10.3. The minimum atomic E-state index is -0.539. The Labute approximate surface area is 111 Å². The number of hydrogen-bond acceptors (Lipinski definition) is 4. The normalized spacial score (nSPS) is 12.2.